The van der Waals surface area contributed by atoms with Crippen molar-refractivity contribution < 1.29 is 28.5 Å². The second kappa shape index (κ2) is 15.0. The van der Waals surface area contributed by atoms with Crippen LogP contribution in [0.3, 0.4) is 0 Å². The number of ether oxygens (including phenoxy) is 4. The molecule has 0 saturated carbocycles. The van der Waals surface area contributed by atoms with Gasteiger partial charge in [-0.1, -0.05) is 83.5 Å². The van der Waals surface area contributed by atoms with Crippen LogP contribution in [0.2, 0.25) is 15.1 Å². The van der Waals surface area contributed by atoms with Gasteiger partial charge in [-0.05, 0) is 67.4 Å². The van der Waals surface area contributed by atoms with Crippen LogP contribution >= 0.6 is 50.7 Å². The number of halogens is 4. The van der Waals surface area contributed by atoms with E-state index >= 15 is 0 Å². The van der Waals surface area contributed by atoms with Crippen LogP contribution in [0.4, 0.5) is 0 Å². The molecule has 0 atom stereocenters. The lowest BCUT2D eigenvalue weighted by molar-refractivity contribution is 0.0711. The summed E-state index contributed by atoms with van der Waals surface area (Å²) < 4.78 is 25.2. The molecule has 220 valence electrons. The lowest BCUT2D eigenvalue weighted by Crippen LogP contribution is -2.14. The first-order valence-corrected chi connectivity index (χ1v) is 15.3. The van der Waals surface area contributed by atoms with Crippen LogP contribution in [0, 0.1) is 0 Å². The highest BCUT2D eigenvalue weighted by Crippen LogP contribution is 2.52. The lowest BCUT2D eigenvalue weighted by atomic mass is 10.1. The van der Waals surface area contributed by atoms with Crippen molar-refractivity contribution in [1.82, 2.24) is 0 Å². The van der Waals surface area contributed by atoms with E-state index < -0.39 is 11.9 Å². The highest BCUT2D eigenvalue weighted by atomic mass is 79.9. The molecule has 0 aliphatic rings. The van der Waals surface area contributed by atoms with Gasteiger partial charge in [-0.15, -0.1) is 0 Å². The molecule has 0 radical (unpaired) electrons. The molecule has 6 nitrogen and oxygen atoms in total. The van der Waals surface area contributed by atoms with Crippen molar-refractivity contribution in [2.24, 2.45) is 0 Å². The normalized spacial score (nSPS) is 10.9. The average Bonchev–Trinajstić information content (AvgIpc) is 2.95. The number of hydrogen-bond donors (Lipinski definition) is 0. The van der Waals surface area contributed by atoms with E-state index in [1.807, 2.05) is 19.9 Å². The quantitative estimate of drug-likeness (QED) is 0.0835. The number of hydrogen-bond acceptors (Lipinski definition) is 6. The zero-order valence-corrected chi connectivity index (χ0v) is 26.8. The van der Waals surface area contributed by atoms with Crippen LogP contribution in [-0.2, 0) is 0 Å². The summed E-state index contributed by atoms with van der Waals surface area (Å²) in [6.07, 6.45) is 3.15. The molecular formula is C32H28BrCl3O6. The van der Waals surface area contributed by atoms with E-state index in [0.29, 0.717) is 41.0 Å². The Morgan fingerprint density at radius 2 is 1.21 bits per heavy atom. The topological polar surface area (TPSA) is 71.1 Å². The number of unbranched alkanes of at least 4 members (excludes halogenated alkanes) is 2. The van der Waals surface area contributed by atoms with Crippen LogP contribution in [0.1, 0.15) is 60.2 Å². The highest BCUT2D eigenvalue weighted by Gasteiger charge is 2.29. The number of benzene rings is 4. The van der Waals surface area contributed by atoms with Crippen LogP contribution in [0.15, 0.2) is 65.1 Å². The van der Waals surface area contributed by atoms with Gasteiger partial charge in [0.2, 0.25) is 11.5 Å². The largest absolute Gasteiger partial charge is 0.486 e. The molecule has 0 aliphatic carbocycles. The molecule has 0 aromatic heterocycles. The third-order valence-electron chi connectivity index (χ3n) is 6.13. The highest BCUT2D eigenvalue weighted by molar-refractivity contribution is 9.10. The molecule has 0 bridgehead atoms. The van der Waals surface area contributed by atoms with Crippen LogP contribution in [0.25, 0.3) is 10.8 Å². The Morgan fingerprint density at radius 1 is 0.643 bits per heavy atom. The Balaban J connectivity index is 1.94. The molecule has 10 heteroatoms. The number of carbonyl (C=O) groups excluding carboxylic acids is 2. The second-order valence-electron chi connectivity index (χ2n) is 9.36. The predicted octanol–water partition coefficient (Wildman–Crippen LogP) is 10.4. The molecule has 0 amide bonds. The summed E-state index contributed by atoms with van der Waals surface area (Å²) in [5, 5.41) is 1.74. The van der Waals surface area contributed by atoms with E-state index in [-0.39, 0.29) is 38.6 Å². The van der Waals surface area contributed by atoms with Crippen molar-refractivity contribution in [1.29, 1.82) is 0 Å². The minimum absolute atomic E-state index is 0.0680. The average molecular weight is 695 g/mol. The number of fused-ring (bicyclic) bond motifs is 1. The Morgan fingerprint density at radius 3 is 1.79 bits per heavy atom. The molecule has 0 N–H and O–H groups in total. The van der Waals surface area contributed by atoms with Crippen LogP contribution in [0.5, 0.6) is 23.0 Å². The molecule has 0 unspecified atom stereocenters. The fourth-order valence-electron chi connectivity index (χ4n) is 4.05. The Kier molecular flexibility index (Phi) is 11.4. The molecule has 4 aromatic rings. The molecule has 0 aliphatic heterocycles. The number of carbonyl (C=O) groups is 2. The second-order valence-corrected chi connectivity index (χ2v) is 11.6. The molecule has 0 saturated heterocycles. The first kappa shape index (κ1) is 32.0. The van der Waals surface area contributed by atoms with Crippen molar-refractivity contribution in [2.75, 3.05) is 13.2 Å². The van der Waals surface area contributed by atoms with E-state index in [2.05, 4.69) is 15.9 Å². The van der Waals surface area contributed by atoms with E-state index in [4.69, 9.17) is 53.8 Å². The van der Waals surface area contributed by atoms with Gasteiger partial charge in [-0.2, -0.15) is 0 Å². The SMILES string of the molecule is CCCCOc1c(OCCCC)c(OC(=O)c2cc(Cl)cc(Cl)c2)c2cc(Cl)ccc2c1OC(=O)c1cccc(Br)c1. The summed E-state index contributed by atoms with van der Waals surface area (Å²) in [6.45, 7) is 4.65. The van der Waals surface area contributed by atoms with Gasteiger partial charge in [0.05, 0.1) is 24.3 Å². The van der Waals surface area contributed by atoms with Crippen molar-refractivity contribution in [3.8, 4) is 23.0 Å². The van der Waals surface area contributed by atoms with Gasteiger partial charge in [-0.3, -0.25) is 0 Å². The van der Waals surface area contributed by atoms with E-state index in [1.165, 1.54) is 18.2 Å². The molecule has 4 rings (SSSR count). The summed E-state index contributed by atoms with van der Waals surface area (Å²) in [4.78, 5) is 26.8. The van der Waals surface area contributed by atoms with E-state index in [1.54, 1.807) is 36.4 Å². The smallest absolute Gasteiger partial charge is 0.343 e. The molecule has 4 aromatic carbocycles. The third kappa shape index (κ3) is 7.90. The summed E-state index contributed by atoms with van der Waals surface area (Å²) in [6, 6.07) is 16.2. The van der Waals surface area contributed by atoms with E-state index in [9.17, 15) is 9.59 Å². The van der Waals surface area contributed by atoms with Gasteiger partial charge in [0.15, 0.2) is 11.5 Å². The van der Waals surface area contributed by atoms with Gasteiger partial charge in [0.1, 0.15) is 0 Å². The van der Waals surface area contributed by atoms with Gasteiger partial charge in [0, 0.05) is 30.3 Å². The minimum atomic E-state index is -0.723. The van der Waals surface area contributed by atoms with Crippen molar-refractivity contribution in [3.05, 3.63) is 91.3 Å². The minimum Gasteiger partial charge on any atom is -0.486 e. The summed E-state index contributed by atoms with van der Waals surface area (Å²) in [7, 11) is 0. The monoisotopic (exact) mass is 692 g/mol. The molecular weight excluding hydrogens is 667 g/mol. The first-order valence-electron chi connectivity index (χ1n) is 13.4. The van der Waals surface area contributed by atoms with Gasteiger partial charge in [0.25, 0.3) is 0 Å². The zero-order chi connectivity index (χ0) is 30.2. The summed E-state index contributed by atoms with van der Waals surface area (Å²) in [5.41, 5.74) is 0.466. The summed E-state index contributed by atoms with van der Waals surface area (Å²) in [5.74, 6) is -0.874. The molecule has 0 fully saturated rings. The Labute approximate surface area is 267 Å². The number of rotatable bonds is 12. The number of esters is 2. The van der Waals surface area contributed by atoms with Crippen molar-refractivity contribution in [3.63, 3.8) is 0 Å². The maximum atomic E-state index is 13.4. The Hall–Kier alpha value is -2.97. The Bertz CT molecular complexity index is 1590. The van der Waals surface area contributed by atoms with Crippen LogP contribution in [-0.4, -0.2) is 25.2 Å². The van der Waals surface area contributed by atoms with E-state index in [0.717, 1.165) is 23.7 Å². The summed E-state index contributed by atoms with van der Waals surface area (Å²) >= 11 is 22.1. The van der Waals surface area contributed by atoms with Gasteiger partial charge in [-0.25, -0.2) is 9.59 Å². The van der Waals surface area contributed by atoms with Crippen LogP contribution < -0.4 is 18.9 Å². The fraction of sp³-hybridized carbons (Fsp3) is 0.250. The lowest BCUT2D eigenvalue weighted by Gasteiger charge is -2.22. The first-order chi connectivity index (χ1) is 20.2. The fourth-order valence-corrected chi connectivity index (χ4v) is 5.14. The third-order valence-corrected chi connectivity index (χ3v) is 7.29. The maximum absolute atomic E-state index is 13.4. The predicted molar refractivity (Wildman–Crippen MR) is 170 cm³/mol. The van der Waals surface area contributed by atoms with Crippen molar-refractivity contribution in [2.45, 2.75) is 39.5 Å². The standard InChI is InChI=1S/C32H28BrCl3O6/c1-3-5-12-39-29-27(41-31(37)19-8-7-9-21(33)14-19)25-11-10-22(34)18-26(25)28(30(29)40-13-6-4-2)42-32(38)20-15-23(35)17-24(36)16-20/h7-11,14-18H,3-6,12-13H2,1-2H3. The van der Waals surface area contributed by atoms with Crippen molar-refractivity contribution >= 4 is 73.4 Å². The molecule has 0 spiro atoms. The molecule has 0 heterocycles. The van der Waals surface area contributed by atoms with Gasteiger partial charge < -0.3 is 18.9 Å². The van der Waals surface area contributed by atoms with Gasteiger partial charge >= 0.3 is 11.9 Å². The zero-order valence-electron chi connectivity index (χ0n) is 23.0. The maximum Gasteiger partial charge on any atom is 0.343 e. The molecule has 42 heavy (non-hydrogen) atoms.